The maximum atomic E-state index is 13.3. The third-order valence-corrected chi connectivity index (χ3v) is 5.11. The molecule has 0 spiro atoms. The van der Waals surface area contributed by atoms with Crippen molar-refractivity contribution in [3.63, 3.8) is 0 Å². The minimum Gasteiger partial charge on any atom is -0.482 e. The van der Waals surface area contributed by atoms with Gasteiger partial charge in [0.2, 0.25) is 17.1 Å². The van der Waals surface area contributed by atoms with Crippen molar-refractivity contribution in [3.8, 4) is 5.75 Å². The normalized spacial score (nSPS) is 14.9. The fourth-order valence-electron chi connectivity index (χ4n) is 3.41. The predicted octanol–water partition coefficient (Wildman–Crippen LogP) is 2.06. The van der Waals surface area contributed by atoms with E-state index in [2.05, 4.69) is 4.90 Å². The van der Waals surface area contributed by atoms with E-state index in [0.29, 0.717) is 50.7 Å². The standard InChI is InChI=1S/C23H29FN2O6/c1-29-10-11-30-17-23(28)26-7-3-6-25(8-9-26)14-20-13-21(27)22(16-31-20)32-15-18-4-2-5-19(24)12-18/h2,4-5,12-13,16H,3,6-11,14-15,17H2,1H3. The fourth-order valence-corrected chi connectivity index (χ4v) is 3.41. The van der Waals surface area contributed by atoms with Gasteiger partial charge in [0.25, 0.3) is 0 Å². The van der Waals surface area contributed by atoms with Crippen LogP contribution < -0.4 is 10.2 Å². The van der Waals surface area contributed by atoms with Crippen molar-refractivity contribution in [2.75, 3.05) is 53.1 Å². The number of carbonyl (C=O) groups excluding carboxylic acids is 1. The van der Waals surface area contributed by atoms with Crippen molar-refractivity contribution >= 4 is 5.91 Å². The zero-order chi connectivity index (χ0) is 22.8. The average molecular weight is 448 g/mol. The summed E-state index contributed by atoms with van der Waals surface area (Å²) in [4.78, 5) is 28.6. The molecule has 32 heavy (non-hydrogen) atoms. The number of methoxy groups -OCH3 is 1. The van der Waals surface area contributed by atoms with E-state index >= 15 is 0 Å². The summed E-state index contributed by atoms with van der Waals surface area (Å²) in [7, 11) is 1.59. The molecule has 1 aromatic carbocycles. The van der Waals surface area contributed by atoms with E-state index in [-0.39, 0.29) is 36.1 Å². The van der Waals surface area contributed by atoms with Crippen LogP contribution in [-0.2, 0) is 27.4 Å². The number of halogens is 1. The Morgan fingerprint density at radius 2 is 2.03 bits per heavy atom. The van der Waals surface area contributed by atoms with E-state index < -0.39 is 0 Å². The number of hydrogen-bond acceptors (Lipinski definition) is 7. The number of carbonyl (C=O) groups is 1. The topological polar surface area (TPSA) is 81.5 Å². The van der Waals surface area contributed by atoms with Gasteiger partial charge in [0.15, 0.2) is 0 Å². The van der Waals surface area contributed by atoms with Gasteiger partial charge in [-0.2, -0.15) is 0 Å². The SMILES string of the molecule is COCCOCC(=O)N1CCCN(Cc2cc(=O)c(OCc3cccc(F)c3)co2)CC1. The van der Waals surface area contributed by atoms with E-state index in [1.165, 1.54) is 24.5 Å². The maximum absolute atomic E-state index is 13.3. The van der Waals surface area contributed by atoms with Gasteiger partial charge in [-0.3, -0.25) is 14.5 Å². The maximum Gasteiger partial charge on any atom is 0.248 e. The lowest BCUT2D eigenvalue weighted by Crippen LogP contribution is -2.37. The molecule has 0 aliphatic carbocycles. The van der Waals surface area contributed by atoms with Gasteiger partial charge in [-0.05, 0) is 24.1 Å². The van der Waals surface area contributed by atoms with E-state index in [1.807, 2.05) is 0 Å². The molecule has 0 radical (unpaired) electrons. The van der Waals surface area contributed by atoms with Crippen LogP contribution in [-0.4, -0.2) is 68.8 Å². The number of amides is 1. The summed E-state index contributed by atoms with van der Waals surface area (Å²) in [5.41, 5.74) is 0.337. The number of rotatable bonds is 10. The van der Waals surface area contributed by atoms with Crippen molar-refractivity contribution in [3.05, 3.63) is 64.0 Å². The van der Waals surface area contributed by atoms with Crippen LogP contribution in [0.3, 0.4) is 0 Å². The first-order valence-electron chi connectivity index (χ1n) is 10.6. The number of benzene rings is 1. The molecule has 0 N–H and O–H groups in total. The van der Waals surface area contributed by atoms with Gasteiger partial charge in [-0.25, -0.2) is 4.39 Å². The Morgan fingerprint density at radius 3 is 2.81 bits per heavy atom. The Hall–Kier alpha value is -2.75. The predicted molar refractivity (Wildman–Crippen MR) is 115 cm³/mol. The highest BCUT2D eigenvalue weighted by atomic mass is 19.1. The van der Waals surface area contributed by atoms with E-state index in [0.717, 1.165) is 13.0 Å². The van der Waals surface area contributed by atoms with Crippen LogP contribution in [0.25, 0.3) is 0 Å². The molecular formula is C23H29FN2O6. The first-order chi connectivity index (χ1) is 15.5. The molecule has 1 aliphatic rings. The molecule has 1 aliphatic heterocycles. The van der Waals surface area contributed by atoms with Gasteiger partial charge in [-0.15, -0.1) is 0 Å². The molecule has 9 heteroatoms. The van der Waals surface area contributed by atoms with Crippen LogP contribution in [0.1, 0.15) is 17.7 Å². The van der Waals surface area contributed by atoms with Crippen LogP contribution in [0, 0.1) is 5.82 Å². The molecule has 1 amide bonds. The van der Waals surface area contributed by atoms with E-state index in [1.54, 1.807) is 24.1 Å². The van der Waals surface area contributed by atoms with Crippen LogP contribution in [0.4, 0.5) is 4.39 Å². The number of nitrogens with zero attached hydrogens (tertiary/aromatic N) is 2. The largest absolute Gasteiger partial charge is 0.482 e. The molecule has 3 rings (SSSR count). The summed E-state index contributed by atoms with van der Waals surface area (Å²) < 4.78 is 34.6. The summed E-state index contributed by atoms with van der Waals surface area (Å²) in [6.07, 6.45) is 2.12. The van der Waals surface area contributed by atoms with Crippen LogP contribution in [0.5, 0.6) is 5.75 Å². The van der Waals surface area contributed by atoms with Crippen molar-refractivity contribution in [2.24, 2.45) is 0 Å². The second-order valence-electron chi connectivity index (χ2n) is 7.55. The lowest BCUT2D eigenvalue weighted by atomic mass is 10.2. The second-order valence-corrected chi connectivity index (χ2v) is 7.55. The van der Waals surface area contributed by atoms with Gasteiger partial charge in [0.1, 0.15) is 31.1 Å². The first-order valence-corrected chi connectivity index (χ1v) is 10.6. The Bertz CT molecular complexity index is 935. The van der Waals surface area contributed by atoms with E-state index in [4.69, 9.17) is 18.6 Å². The summed E-state index contributed by atoms with van der Waals surface area (Å²) >= 11 is 0. The molecule has 174 valence electrons. The quantitative estimate of drug-likeness (QED) is 0.515. The zero-order valence-electron chi connectivity index (χ0n) is 18.3. The third kappa shape index (κ3) is 7.44. The van der Waals surface area contributed by atoms with Gasteiger partial charge < -0.3 is 23.5 Å². The number of hydrogen-bond donors (Lipinski definition) is 0. The molecular weight excluding hydrogens is 419 g/mol. The highest BCUT2D eigenvalue weighted by molar-refractivity contribution is 5.77. The van der Waals surface area contributed by atoms with Crippen LogP contribution >= 0.6 is 0 Å². The summed E-state index contributed by atoms with van der Waals surface area (Å²) in [5, 5.41) is 0. The summed E-state index contributed by atoms with van der Waals surface area (Å²) in [6.45, 7) is 4.16. The van der Waals surface area contributed by atoms with Crippen LogP contribution in [0.2, 0.25) is 0 Å². The molecule has 0 unspecified atom stereocenters. The van der Waals surface area contributed by atoms with Gasteiger partial charge >= 0.3 is 0 Å². The molecule has 1 fully saturated rings. The van der Waals surface area contributed by atoms with Gasteiger partial charge in [0.05, 0.1) is 19.8 Å². The Morgan fingerprint density at radius 1 is 1.16 bits per heavy atom. The Kier molecular flexibility index (Phi) is 9.21. The smallest absolute Gasteiger partial charge is 0.248 e. The van der Waals surface area contributed by atoms with Gasteiger partial charge in [0, 0.05) is 39.4 Å². The highest BCUT2D eigenvalue weighted by Crippen LogP contribution is 2.13. The van der Waals surface area contributed by atoms with Crippen LogP contribution in [0.15, 0.2) is 45.8 Å². The molecule has 1 aromatic heterocycles. The third-order valence-electron chi connectivity index (χ3n) is 5.11. The minimum atomic E-state index is -0.357. The van der Waals surface area contributed by atoms with Crippen molar-refractivity contribution in [2.45, 2.75) is 19.6 Å². The van der Waals surface area contributed by atoms with Gasteiger partial charge in [-0.1, -0.05) is 12.1 Å². The lowest BCUT2D eigenvalue weighted by Gasteiger charge is -2.21. The molecule has 0 bridgehead atoms. The van der Waals surface area contributed by atoms with Crippen molar-refractivity contribution in [1.29, 1.82) is 0 Å². The monoisotopic (exact) mass is 448 g/mol. The van der Waals surface area contributed by atoms with Crippen molar-refractivity contribution in [1.82, 2.24) is 9.80 Å². The molecule has 0 saturated carbocycles. The zero-order valence-corrected chi connectivity index (χ0v) is 18.3. The lowest BCUT2D eigenvalue weighted by molar-refractivity contribution is -0.136. The molecule has 1 saturated heterocycles. The summed E-state index contributed by atoms with van der Waals surface area (Å²) in [6, 6.07) is 7.43. The first kappa shape index (κ1) is 23.9. The molecule has 2 heterocycles. The Balaban J connectivity index is 1.48. The molecule has 2 aromatic rings. The summed E-state index contributed by atoms with van der Waals surface area (Å²) in [5.74, 6) is 0.217. The van der Waals surface area contributed by atoms with E-state index in [9.17, 15) is 14.0 Å². The van der Waals surface area contributed by atoms with Crippen molar-refractivity contribution < 1.29 is 27.8 Å². The Labute approximate surface area is 186 Å². The fraction of sp³-hybridized carbons (Fsp3) is 0.478. The molecule has 0 atom stereocenters. The molecule has 8 nitrogen and oxygen atoms in total. The number of ether oxygens (including phenoxy) is 3. The minimum absolute atomic E-state index is 0.0331. The average Bonchev–Trinajstić information content (AvgIpc) is 3.02. The highest BCUT2D eigenvalue weighted by Gasteiger charge is 2.20. The second kappa shape index (κ2) is 12.3.